The van der Waals surface area contributed by atoms with E-state index in [4.69, 9.17) is 0 Å². The van der Waals surface area contributed by atoms with Crippen molar-refractivity contribution in [2.24, 2.45) is 11.8 Å². The van der Waals surface area contributed by atoms with Crippen LogP contribution in [0.2, 0.25) is 0 Å². The molecule has 5 rings (SSSR count). The second kappa shape index (κ2) is 7.69. The van der Waals surface area contributed by atoms with Gasteiger partial charge in [-0.25, -0.2) is 0 Å². The first-order valence-corrected chi connectivity index (χ1v) is 10.9. The summed E-state index contributed by atoms with van der Waals surface area (Å²) in [6.07, 6.45) is 16.5. The molecule has 3 atom stereocenters. The van der Waals surface area contributed by atoms with Crippen LogP contribution in [-0.4, -0.2) is 21.9 Å². The number of hydrogen-bond donors (Lipinski definition) is 4. The van der Waals surface area contributed by atoms with E-state index in [2.05, 4.69) is 42.6 Å². The maximum Gasteiger partial charge on any atom is 0.157 e. The van der Waals surface area contributed by atoms with Crippen LogP contribution in [0.25, 0.3) is 6.08 Å². The van der Waals surface area contributed by atoms with Crippen LogP contribution in [0, 0.1) is 11.8 Å². The number of aromatic hydroxyl groups is 3. The quantitative estimate of drug-likeness (QED) is 0.482. The first-order chi connectivity index (χ1) is 15.0. The van der Waals surface area contributed by atoms with E-state index < -0.39 is 0 Å². The van der Waals surface area contributed by atoms with Crippen LogP contribution in [0.15, 0.2) is 66.3 Å². The molecule has 3 aliphatic rings. The minimum atomic E-state index is -0.0790. The van der Waals surface area contributed by atoms with Gasteiger partial charge in [0.1, 0.15) is 5.75 Å². The Hall–Kier alpha value is -3.40. The van der Waals surface area contributed by atoms with Gasteiger partial charge in [0.05, 0.1) is 0 Å². The lowest BCUT2D eigenvalue weighted by Crippen LogP contribution is -2.25. The summed E-state index contributed by atoms with van der Waals surface area (Å²) in [4.78, 5) is 0. The van der Waals surface area contributed by atoms with Gasteiger partial charge in [-0.2, -0.15) is 0 Å². The van der Waals surface area contributed by atoms with E-state index in [0.29, 0.717) is 11.8 Å². The molecular weight excluding hydrogens is 386 g/mol. The molecule has 0 aromatic heterocycles. The molecule has 4 N–H and O–H groups in total. The molecule has 2 unspecified atom stereocenters. The van der Waals surface area contributed by atoms with Crippen LogP contribution >= 0.6 is 0 Å². The molecule has 0 fully saturated rings. The van der Waals surface area contributed by atoms with Crippen LogP contribution < -0.4 is 5.32 Å². The number of anilines is 1. The zero-order chi connectivity index (χ0) is 21.5. The van der Waals surface area contributed by atoms with Crippen LogP contribution in [0.1, 0.15) is 41.5 Å². The van der Waals surface area contributed by atoms with Crippen molar-refractivity contribution < 1.29 is 15.3 Å². The Morgan fingerprint density at radius 3 is 2.65 bits per heavy atom. The van der Waals surface area contributed by atoms with Crippen molar-refractivity contribution in [2.45, 2.75) is 25.7 Å². The third-order valence-corrected chi connectivity index (χ3v) is 6.63. The van der Waals surface area contributed by atoms with Crippen molar-refractivity contribution in [3.05, 3.63) is 88.5 Å². The van der Waals surface area contributed by atoms with E-state index in [1.807, 2.05) is 18.2 Å². The second-order valence-electron chi connectivity index (χ2n) is 8.86. The third kappa shape index (κ3) is 3.63. The molecule has 4 heteroatoms. The van der Waals surface area contributed by atoms with E-state index in [1.165, 1.54) is 0 Å². The van der Waals surface area contributed by atoms with Gasteiger partial charge in [-0.3, -0.25) is 0 Å². The van der Waals surface area contributed by atoms with Crippen molar-refractivity contribution in [1.82, 2.24) is 0 Å². The van der Waals surface area contributed by atoms with Crippen molar-refractivity contribution in [3.63, 3.8) is 0 Å². The number of nitrogens with one attached hydrogen (secondary N) is 1. The molecule has 4 nitrogen and oxygen atoms in total. The molecular formula is C27H27NO3. The molecule has 0 radical (unpaired) electrons. The molecule has 0 spiro atoms. The number of phenolic OH excluding ortho intramolecular Hbond substituents is 3. The van der Waals surface area contributed by atoms with Gasteiger partial charge in [-0.15, -0.1) is 0 Å². The Bertz CT molecular complexity index is 1160. The molecule has 158 valence electrons. The van der Waals surface area contributed by atoms with E-state index in [-0.39, 0.29) is 23.2 Å². The van der Waals surface area contributed by atoms with Crippen molar-refractivity contribution in [2.75, 3.05) is 11.9 Å². The summed E-state index contributed by atoms with van der Waals surface area (Å²) in [5.74, 6) is 1.10. The smallest absolute Gasteiger partial charge is 0.157 e. The summed E-state index contributed by atoms with van der Waals surface area (Å²) in [5, 5.41) is 34.1. The van der Waals surface area contributed by atoms with Gasteiger partial charge < -0.3 is 20.6 Å². The third-order valence-electron chi connectivity index (χ3n) is 6.63. The fraction of sp³-hybridized carbons (Fsp3) is 0.259. The molecule has 2 aromatic rings. The molecule has 31 heavy (non-hydrogen) atoms. The largest absolute Gasteiger partial charge is 0.507 e. The summed E-state index contributed by atoms with van der Waals surface area (Å²) < 4.78 is 0. The van der Waals surface area contributed by atoms with Gasteiger partial charge >= 0.3 is 0 Å². The maximum absolute atomic E-state index is 10.6. The Balaban J connectivity index is 1.52. The Kier molecular flexibility index (Phi) is 4.85. The standard InChI is InChI=1S/C27H27NO3/c1-16-4-2-3-5-17(7-6-16)8-9-18-11-22-23(14-24(18)29)28-15-20-10-19-12-25(30)26(31)13-21(19)27(20)22/h2-5,7-9,11-14,16,20,27-31H,6,10,15H2,1H3/b4-2-,5-3-,9-8+,17-7-/t16?,20?,27-/m1/s1. The zero-order valence-electron chi connectivity index (χ0n) is 17.5. The first-order valence-electron chi connectivity index (χ1n) is 10.9. The lowest BCUT2D eigenvalue weighted by atomic mass is 9.81. The highest BCUT2D eigenvalue weighted by Gasteiger charge is 2.38. The van der Waals surface area contributed by atoms with Crippen LogP contribution in [0.4, 0.5) is 5.69 Å². The first kappa shape index (κ1) is 19.6. The van der Waals surface area contributed by atoms with Crippen LogP contribution in [-0.2, 0) is 6.42 Å². The fourth-order valence-corrected chi connectivity index (χ4v) is 4.97. The molecule has 1 heterocycles. The van der Waals surface area contributed by atoms with Gasteiger partial charge in [-0.1, -0.05) is 49.5 Å². The van der Waals surface area contributed by atoms with Gasteiger partial charge in [0.25, 0.3) is 0 Å². The molecule has 0 bridgehead atoms. The SMILES string of the molecule is CC1\C=C/C=C\C(\C=C\c2cc3c(cc2O)NCC2Cc4cc(O)c(O)cc4[C@H]32)=C\C1. The van der Waals surface area contributed by atoms with Gasteiger partial charge in [0.2, 0.25) is 0 Å². The average Bonchev–Trinajstić information content (AvgIpc) is 3.08. The lowest BCUT2D eigenvalue weighted by molar-refractivity contribution is 0.403. The number of benzene rings is 2. The van der Waals surface area contributed by atoms with Crippen LogP contribution in [0.3, 0.4) is 0 Å². The second-order valence-corrected chi connectivity index (χ2v) is 8.86. The Morgan fingerprint density at radius 2 is 1.77 bits per heavy atom. The predicted molar refractivity (Wildman–Crippen MR) is 125 cm³/mol. The molecule has 1 aliphatic heterocycles. The van der Waals surface area contributed by atoms with Gasteiger partial charge in [0, 0.05) is 29.8 Å². The Labute approximate surface area is 182 Å². The minimum absolute atomic E-state index is 0.0652. The molecule has 2 aromatic carbocycles. The highest BCUT2D eigenvalue weighted by atomic mass is 16.3. The summed E-state index contributed by atoms with van der Waals surface area (Å²) in [6.45, 7) is 3.00. The number of hydrogen-bond acceptors (Lipinski definition) is 4. The Morgan fingerprint density at radius 1 is 0.935 bits per heavy atom. The topological polar surface area (TPSA) is 72.7 Å². The minimum Gasteiger partial charge on any atom is -0.507 e. The van der Waals surface area contributed by atoms with Crippen LogP contribution in [0.5, 0.6) is 17.2 Å². The maximum atomic E-state index is 10.6. The van der Waals surface area contributed by atoms with E-state index in [1.54, 1.807) is 18.2 Å². The molecule has 0 saturated heterocycles. The summed E-state index contributed by atoms with van der Waals surface area (Å²) in [7, 11) is 0. The summed E-state index contributed by atoms with van der Waals surface area (Å²) >= 11 is 0. The molecule has 0 amide bonds. The van der Waals surface area contributed by atoms with Crippen molar-refractivity contribution >= 4 is 11.8 Å². The van der Waals surface area contributed by atoms with E-state index in [0.717, 1.165) is 52.9 Å². The van der Waals surface area contributed by atoms with Gasteiger partial charge in [0.15, 0.2) is 11.5 Å². The van der Waals surface area contributed by atoms with E-state index >= 15 is 0 Å². The van der Waals surface area contributed by atoms with E-state index in [9.17, 15) is 15.3 Å². The van der Waals surface area contributed by atoms with Gasteiger partial charge in [-0.05, 0) is 65.1 Å². The molecule has 0 saturated carbocycles. The summed E-state index contributed by atoms with van der Waals surface area (Å²) in [5.41, 5.74) is 6.09. The molecule has 2 aliphatic carbocycles. The number of allylic oxidation sites excluding steroid dienone is 7. The number of fused-ring (bicyclic) bond motifs is 5. The highest BCUT2D eigenvalue weighted by Crippen LogP contribution is 2.50. The average molecular weight is 414 g/mol. The number of phenols is 3. The van der Waals surface area contributed by atoms with Crippen molar-refractivity contribution in [3.8, 4) is 17.2 Å². The van der Waals surface area contributed by atoms with Crippen molar-refractivity contribution in [1.29, 1.82) is 0 Å². The zero-order valence-corrected chi connectivity index (χ0v) is 17.5. The fourth-order valence-electron chi connectivity index (χ4n) is 4.97. The predicted octanol–water partition coefficient (Wildman–Crippen LogP) is 5.62. The highest BCUT2D eigenvalue weighted by molar-refractivity contribution is 5.71. The lowest BCUT2D eigenvalue weighted by Gasteiger charge is -2.31. The monoisotopic (exact) mass is 413 g/mol. The normalized spacial score (nSPS) is 27.8. The summed E-state index contributed by atoms with van der Waals surface area (Å²) in [6, 6.07) is 7.24. The number of rotatable bonds is 2.